The summed E-state index contributed by atoms with van der Waals surface area (Å²) in [5.41, 5.74) is 5.01. The smallest absolute Gasteiger partial charge is 0.353 e. The molecule has 0 amide bonds. The van der Waals surface area contributed by atoms with Crippen LogP contribution in [0.2, 0.25) is 0 Å². The van der Waals surface area contributed by atoms with E-state index < -0.39 is 0 Å². The van der Waals surface area contributed by atoms with Crippen molar-refractivity contribution in [1.82, 2.24) is 14.5 Å². The Morgan fingerprint density at radius 2 is 2.50 bits per heavy atom. The molecule has 2 N–H and O–H groups in total. The number of nitrogen functional groups attached to an aromatic ring is 1. The lowest BCUT2D eigenvalue weighted by Gasteiger charge is -2.12. The number of hydrogen-bond donors (Lipinski definition) is 1. The average molecular weight is 242 g/mol. The quantitative estimate of drug-likeness (QED) is 0.818. The average Bonchev–Trinajstić information content (AvgIpc) is 2.67. The molecule has 1 aliphatic heterocycles. The number of rotatable bonds is 3. The van der Waals surface area contributed by atoms with Crippen LogP contribution in [-0.2, 0) is 4.74 Å². The van der Waals surface area contributed by atoms with Crippen LogP contribution in [0.3, 0.4) is 0 Å². The Labute approximate surface area is 97.2 Å². The van der Waals surface area contributed by atoms with Crippen molar-refractivity contribution >= 4 is 17.7 Å². The molecule has 2 rings (SSSR count). The maximum Gasteiger partial charge on any atom is 0.353 e. The van der Waals surface area contributed by atoms with Crippen LogP contribution in [0.4, 0.5) is 5.95 Å². The van der Waals surface area contributed by atoms with Gasteiger partial charge in [0, 0.05) is 12.4 Å². The minimum Gasteiger partial charge on any atom is -0.384 e. The lowest BCUT2D eigenvalue weighted by atomic mass is 10.2. The summed E-state index contributed by atoms with van der Waals surface area (Å²) in [6.07, 6.45) is 3.45. The van der Waals surface area contributed by atoms with Crippen LogP contribution in [0.15, 0.2) is 11.1 Å². The molecule has 0 saturated carbocycles. The van der Waals surface area contributed by atoms with E-state index in [9.17, 15) is 4.79 Å². The topological polar surface area (TPSA) is 83.0 Å². The molecular formula is C9H14N4O2S. The zero-order valence-corrected chi connectivity index (χ0v) is 9.81. The van der Waals surface area contributed by atoms with Crippen LogP contribution in [0, 0.1) is 0 Å². The first-order chi connectivity index (χ1) is 7.70. The highest BCUT2D eigenvalue weighted by atomic mass is 32.2. The highest BCUT2D eigenvalue weighted by molar-refractivity contribution is 8.00. The molecule has 2 heterocycles. The molecule has 1 aromatic heterocycles. The summed E-state index contributed by atoms with van der Waals surface area (Å²) in [5.74, 6) is 0.0256. The van der Waals surface area contributed by atoms with E-state index in [1.165, 1.54) is 10.9 Å². The molecule has 1 aromatic rings. The maximum atomic E-state index is 11.6. The van der Waals surface area contributed by atoms with Gasteiger partial charge in [0.25, 0.3) is 0 Å². The second-order valence-electron chi connectivity index (χ2n) is 3.65. The Kier molecular flexibility index (Phi) is 3.45. The van der Waals surface area contributed by atoms with Gasteiger partial charge in [-0.3, -0.25) is 4.57 Å². The van der Waals surface area contributed by atoms with E-state index in [4.69, 9.17) is 10.5 Å². The number of thioether (sulfide) groups is 1. The fourth-order valence-electron chi connectivity index (χ4n) is 1.75. The molecule has 0 aliphatic carbocycles. The number of aromatic nitrogens is 3. The molecule has 16 heavy (non-hydrogen) atoms. The second-order valence-corrected chi connectivity index (χ2v) is 5.13. The lowest BCUT2D eigenvalue weighted by Crippen LogP contribution is -2.26. The molecule has 0 spiro atoms. The van der Waals surface area contributed by atoms with Crippen molar-refractivity contribution < 1.29 is 4.74 Å². The highest BCUT2D eigenvalue weighted by Gasteiger charge is 2.27. The molecule has 1 saturated heterocycles. The van der Waals surface area contributed by atoms with Gasteiger partial charge in [-0.05, 0) is 12.8 Å². The Balaban J connectivity index is 2.11. The monoisotopic (exact) mass is 242 g/mol. The molecular weight excluding hydrogens is 228 g/mol. The fourth-order valence-corrected chi connectivity index (χ4v) is 3.23. The molecule has 88 valence electrons. The van der Waals surface area contributed by atoms with Crippen molar-refractivity contribution in [2.45, 2.75) is 23.5 Å². The summed E-state index contributed by atoms with van der Waals surface area (Å²) < 4.78 is 6.64. The first-order valence-corrected chi connectivity index (χ1v) is 6.00. The number of anilines is 1. The number of nitrogens with two attached hydrogens (primary N) is 1. The van der Waals surface area contributed by atoms with Crippen molar-refractivity contribution in [1.29, 1.82) is 0 Å². The summed E-state index contributed by atoms with van der Waals surface area (Å²) in [7, 11) is 1.69. The van der Waals surface area contributed by atoms with Crippen LogP contribution in [0.1, 0.15) is 18.2 Å². The number of ether oxygens (including phenoxy) is 1. The zero-order chi connectivity index (χ0) is 11.5. The number of hydrogen-bond acceptors (Lipinski definition) is 6. The Morgan fingerprint density at radius 3 is 3.19 bits per heavy atom. The van der Waals surface area contributed by atoms with E-state index in [0.29, 0.717) is 11.9 Å². The van der Waals surface area contributed by atoms with E-state index in [0.717, 1.165) is 12.8 Å². The Bertz CT molecular complexity index is 422. The molecule has 2 atom stereocenters. The predicted molar refractivity (Wildman–Crippen MR) is 62.2 cm³/mol. The van der Waals surface area contributed by atoms with Crippen LogP contribution in [0.5, 0.6) is 0 Å². The first kappa shape index (κ1) is 11.4. The van der Waals surface area contributed by atoms with Crippen LogP contribution in [-0.4, -0.2) is 33.5 Å². The number of nitrogens with zero attached hydrogens (tertiary/aromatic N) is 3. The summed E-state index contributed by atoms with van der Waals surface area (Å²) in [6, 6.07) is 0. The Morgan fingerprint density at radius 1 is 1.69 bits per heavy atom. The molecule has 1 fully saturated rings. The van der Waals surface area contributed by atoms with E-state index in [1.54, 1.807) is 18.9 Å². The van der Waals surface area contributed by atoms with Gasteiger partial charge in [-0.2, -0.15) is 4.98 Å². The van der Waals surface area contributed by atoms with Crippen LogP contribution in [0.25, 0.3) is 0 Å². The van der Waals surface area contributed by atoms with Crippen molar-refractivity contribution in [2.75, 3.05) is 19.5 Å². The van der Waals surface area contributed by atoms with Crippen LogP contribution < -0.4 is 11.4 Å². The zero-order valence-electron chi connectivity index (χ0n) is 9.00. The molecule has 0 bridgehead atoms. The summed E-state index contributed by atoms with van der Waals surface area (Å²) in [4.78, 5) is 19.0. The van der Waals surface area contributed by atoms with Gasteiger partial charge >= 0.3 is 5.69 Å². The van der Waals surface area contributed by atoms with Gasteiger partial charge in [-0.25, -0.2) is 9.78 Å². The van der Waals surface area contributed by atoms with Crippen LogP contribution >= 0.6 is 11.8 Å². The normalized spacial score (nSPS) is 24.8. The summed E-state index contributed by atoms with van der Waals surface area (Å²) >= 11 is 1.73. The standard InChI is InChI=1S/C9H14N4O2S/c1-15-4-6-2-3-7(16-6)13-5-11-8(10)12-9(13)14/h5-7H,2-4H2,1H3,(H2,10,12,14). The van der Waals surface area contributed by atoms with Gasteiger partial charge in [0.15, 0.2) is 0 Å². The van der Waals surface area contributed by atoms with Crippen molar-refractivity contribution in [3.05, 3.63) is 16.8 Å². The van der Waals surface area contributed by atoms with E-state index in [1.807, 2.05) is 0 Å². The molecule has 7 heteroatoms. The largest absolute Gasteiger partial charge is 0.384 e. The Hall–Kier alpha value is -1.08. The van der Waals surface area contributed by atoms with E-state index in [2.05, 4.69) is 9.97 Å². The van der Waals surface area contributed by atoms with E-state index in [-0.39, 0.29) is 17.0 Å². The van der Waals surface area contributed by atoms with Crippen molar-refractivity contribution in [2.24, 2.45) is 0 Å². The third-order valence-corrected chi connectivity index (χ3v) is 4.03. The third kappa shape index (κ3) is 2.35. The van der Waals surface area contributed by atoms with Gasteiger partial charge in [-0.1, -0.05) is 0 Å². The molecule has 1 aliphatic rings. The number of methoxy groups -OCH3 is 1. The van der Waals surface area contributed by atoms with E-state index >= 15 is 0 Å². The predicted octanol–water partition coefficient (Wildman–Crippen LogP) is 0.261. The maximum absolute atomic E-state index is 11.6. The molecule has 0 aromatic carbocycles. The third-order valence-electron chi connectivity index (χ3n) is 2.49. The molecule has 2 unspecified atom stereocenters. The lowest BCUT2D eigenvalue weighted by molar-refractivity contribution is 0.198. The van der Waals surface area contributed by atoms with Gasteiger partial charge in [0.05, 0.1) is 12.0 Å². The fraction of sp³-hybridized carbons (Fsp3) is 0.667. The van der Waals surface area contributed by atoms with Crippen molar-refractivity contribution in [3.8, 4) is 0 Å². The SMILES string of the molecule is COCC1CCC(n2cnc(N)nc2=O)S1. The molecule has 0 radical (unpaired) electrons. The summed E-state index contributed by atoms with van der Waals surface area (Å²) in [6.45, 7) is 0.714. The second kappa shape index (κ2) is 4.84. The first-order valence-electron chi connectivity index (χ1n) is 5.05. The van der Waals surface area contributed by atoms with Gasteiger partial charge < -0.3 is 10.5 Å². The van der Waals surface area contributed by atoms with Gasteiger partial charge in [0.2, 0.25) is 5.95 Å². The molecule has 6 nitrogen and oxygen atoms in total. The van der Waals surface area contributed by atoms with Crippen molar-refractivity contribution in [3.63, 3.8) is 0 Å². The highest BCUT2D eigenvalue weighted by Crippen LogP contribution is 2.40. The minimum atomic E-state index is -0.330. The minimum absolute atomic E-state index is 0.0256. The van der Waals surface area contributed by atoms with Gasteiger partial charge in [-0.15, -0.1) is 11.8 Å². The van der Waals surface area contributed by atoms with Gasteiger partial charge in [0.1, 0.15) is 6.33 Å². The summed E-state index contributed by atoms with van der Waals surface area (Å²) in [5, 5.41) is 0.549.